The quantitative estimate of drug-likeness (QED) is 0.207. The van der Waals surface area contributed by atoms with E-state index < -0.39 is 28.5 Å². The minimum Gasteiger partial charge on any atom is -0.354 e. The molecule has 0 aliphatic carbocycles. The van der Waals surface area contributed by atoms with Crippen LogP contribution in [-0.4, -0.2) is 44.3 Å². The van der Waals surface area contributed by atoms with Crippen LogP contribution in [0.3, 0.4) is 0 Å². The molecule has 0 aliphatic rings. The van der Waals surface area contributed by atoms with E-state index in [0.29, 0.717) is 18.0 Å². The van der Waals surface area contributed by atoms with E-state index in [4.69, 9.17) is 34.8 Å². The molecule has 0 unspecified atom stereocenters. The number of aryl methyl sites for hydroxylation is 1. The van der Waals surface area contributed by atoms with Gasteiger partial charge >= 0.3 is 0 Å². The average molecular weight is 639 g/mol. The lowest BCUT2D eigenvalue weighted by molar-refractivity contribution is -0.140. The summed E-state index contributed by atoms with van der Waals surface area (Å²) in [5, 5.41) is 3.56. The van der Waals surface area contributed by atoms with E-state index in [0.717, 1.165) is 28.3 Å². The fourth-order valence-corrected chi connectivity index (χ4v) is 6.25. The summed E-state index contributed by atoms with van der Waals surface area (Å²) in [6, 6.07) is 17.0. The first kappa shape index (κ1) is 32.7. The van der Waals surface area contributed by atoms with Crippen molar-refractivity contribution in [3.05, 3.63) is 92.9 Å². The van der Waals surface area contributed by atoms with Crippen LogP contribution in [0.5, 0.6) is 0 Å². The Morgan fingerprint density at radius 2 is 1.59 bits per heavy atom. The van der Waals surface area contributed by atoms with Gasteiger partial charge in [-0.1, -0.05) is 91.0 Å². The summed E-state index contributed by atoms with van der Waals surface area (Å²) in [5.74, 6) is -0.888. The van der Waals surface area contributed by atoms with Gasteiger partial charge in [0.2, 0.25) is 11.8 Å². The van der Waals surface area contributed by atoms with Gasteiger partial charge in [0, 0.05) is 18.1 Å². The van der Waals surface area contributed by atoms with Gasteiger partial charge < -0.3 is 10.2 Å². The van der Waals surface area contributed by atoms with Crippen molar-refractivity contribution in [1.29, 1.82) is 0 Å². The third-order valence-electron chi connectivity index (χ3n) is 6.57. The number of carbonyl (C=O) groups is 2. The molecule has 220 valence electrons. The standard InChI is InChI=1S/C30H34Cl3N3O4S/c1-4-6-18-34-30(38)26(5-2)35(19-22-12-14-23(31)15-13-22)28(37)20-36(27-9-7-8-25(32)29(27)33)41(39,40)24-16-10-21(3)11-17-24/h7-17,26H,4-6,18-20H2,1-3H3,(H,34,38)/t26-/m0/s1. The highest BCUT2D eigenvalue weighted by atomic mass is 35.5. The predicted octanol–water partition coefficient (Wildman–Crippen LogP) is 6.87. The van der Waals surface area contributed by atoms with E-state index in [1.165, 1.54) is 29.2 Å². The minimum absolute atomic E-state index is 0.00810. The molecule has 0 saturated carbocycles. The first-order chi connectivity index (χ1) is 19.5. The molecule has 11 heteroatoms. The Morgan fingerprint density at radius 1 is 0.927 bits per heavy atom. The second-order valence-corrected chi connectivity index (χ2v) is 12.7. The minimum atomic E-state index is -4.26. The summed E-state index contributed by atoms with van der Waals surface area (Å²) >= 11 is 18.8. The van der Waals surface area contributed by atoms with E-state index >= 15 is 0 Å². The normalized spacial score (nSPS) is 12.0. The second kappa shape index (κ2) is 14.9. The van der Waals surface area contributed by atoms with Crippen molar-refractivity contribution in [1.82, 2.24) is 10.2 Å². The lowest BCUT2D eigenvalue weighted by Gasteiger charge is -2.33. The molecule has 0 fully saturated rings. The Hall–Kier alpha value is -2.78. The van der Waals surface area contributed by atoms with E-state index in [9.17, 15) is 18.0 Å². The number of nitrogens with one attached hydrogen (secondary N) is 1. The van der Waals surface area contributed by atoms with Crippen molar-refractivity contribution in [3.63, 3.8) is 0 Å². The molecule has 0 radical (unpaired) electrons. The fraction of sp³-hybridized carbons (Fsp3) is 0.333. The molecule has 3 rings (SSSR count). The van der Waals surface area contributed by atoms with Crippen LogP contribution in [0.25, 0.3) is 0 Å². The van der Waals surface area contributed by atoms with Crippen molar-refractivity contribution >= 4 is 62.3 Å². The number of anilines is 1. The highest BCUT2D eigenvalue weighted by Gasteiger charge is 2.34. The summed E-state index contributed by atoms with van der Waals surface area (Å²) in [5.41, 5.74) is 1.66. The number of rotatable bonds is 13. The highest BCUT2D eigenvalue weighted by Crippen LogP contribution is 2.35. The van der Waals surface area contributed by atoms with Crippen LogP contribution in [0.2, 0.25) is 15.1 Å². The van der Waals surface area contributed by atoms with Gasteiger partial charge in [-0.15, -0.1) is 0 Å². The number of carbonyl (C=O) groups excluding carboxylic acids is 2. The maximum atomic E-state index is 14.1. The van der Waals surface area contributed by atoms with Gasteiger partial charge in [0.25, 0.3) is 10.0 Å². The average Bonchev–Trinajstić information content (AvgIpc) is 2.94. The molecule has 0 bridgehead atoms. The Morgan fingerprint density at radius 3 is 2.20 bits per heavy atom. The number of hydrogen-bond acceptors (Lipinski definition) is 4. The summed E-state index contributed by atoms with van der Waals surface area (Å²) in [6.45, 7) is 5.60. The molecule has 1 N–H and O–H groups in total. The van der Waals surface area contributed by atoms with Crippen LogP contribution in [0, 0.1) is 6.92 Å². The Labute approximate surface area is 257 Å². The monoisotopic (exact) mass is 637 g/mol. The molecule has 0 aromatic heterocycles. The number of unbranched alkanes of at least 4 members (excludes halogenated alkanes) is 1. The Kier molecular flexibility index (Phi) is 11.9. The molecule has 3 aromatic carbocycles. The van der Waals surface area contributed by atoms with Gasteiger partial charge in [-0.25, -0.2) is 8.42 Å². The van der Waals surface area contributed by atoms with E-state index in [-0.39, 0.29) is 33.1 Å². The second-order valence-electron chi connectivity index (χ2n) is 9.61. The van der Waals surface area contributed by atoms with E-state index in [1.807, 2.05) is 13.8 Å². The summed E-state index contributed by atoms with van der Waals surface area (Å²) in [7, 11) is -4.26. The maximum Gasteiger partial charge on any atom is 0.264 e. The van der Waals surface area contributed by atoms with Gasteiger partial charge in [0.1, 0.15) is 12.6 Å². The molecule has 0 aliphatic heterocycles. The van der Waals surface area contributed by atoms with Crippen LogP contribution in [0.1, 0.15) is 44.2 Å². The molecular weight excluding hydrogens is 605 g/mol. The zero-order valence-corrected chi connectivity index (χ0v) is 26.3. The number of halogens is 3. The van der Waals surface area contributed by atoms with Gasteiger partial charge in [0.05, 0.1) is 20.6 Å². The van der Waals surface area contributed by atoms with Crippen molar-refractivity contribution in [2.75, 3.05) is 17.4 Å². The van der Waals surface area contributed by atoms with Crippen molar-refractivity contribution < 1.29 is 18.0 Å². The molecule has 0 heterocycles. The van der Waals surface area contributed by atoms with Crippen LogP contribution in [-0.2, 0) is 26.2 Å². The summed E-state index contributed by atoms with van der Waals surface area (Å²) in [4.78, 5) is 28.7. The Balaban J connectivity index is 2.07. The third-order valence-corrected chi connectivity index (χ3v) is 9.40. The first-order valence-electron chi connectivity index (χ1n) is 13.3. The zero-order chi connectivity index (χ0) is 30.2. The van der Waals surface area contributed by atoms with Gasteiger partial charge in [-0.2, -0.15) is 0 Å². The van der Waals surface area contributed by atoms with Crippen molar-refractivity contribution in [2.24, 2.45) is 0 Å². The number of amides is 2. The molecular formula is C30H34Cl3N3O4S. The first-order valence-corrected chi connectivity index (χ1v) is 15.9. The molecule has 2 amide bonds. The summed E-state index contributed by atoms with van der Waals surface area (Å²) < 4.78 is 28.9. The van der Waals surface area contributed by atoms with E-state index in [1.54, 1.807) is 49.4 Å². The SMILES string of the molecule is CCCCNC(=O)[C@H](CC)N(Cc1ccc(Cl)cc1)C(=O)CN(c1cccc(Cl)c1Cl)S(=O)(=O)c1ccc(C)cc1. The number of sulfonamides is 1. The highest BCUT2D eigenvalue weighted by molar-refractivity contribution is 7.92. The number of nitrogens with zero attached hydrogens (tertiary/aromatic N) is 2. The lowest BCUT2D eigenvalue weighted by Crippen LogP contribution is -2.52. The molecule has 41 heavy (non-hydrogen) atoms. The fourth-order valence-electron chi connectivity index (χ4n) is 4.25. The Bertz CT molecular complexity index is 1450. The molecule has 0 saturated heterocycles. The maximum absolute atomic E-state index is 14.1. The van der Waals surface area contributed by atoms with E-state index in [2.05, 4.69) is 5.32 Å². The smallest absolute Gasteiger partial charge is 0.264 e. The van der Waals surface area contributed by atoms with Crippen LogP contribution < -0.4 is 9.62 Å². The van der Waals surface area contributed by atoms with Gasteiger partial charge in [-0.05, 0) is 61.7 Å². The van der Waals surface area contributed by atoms with Gasteiger partial charge in [0.15, 0.2) is 0 Å². The third kappa shape index (κ3) is 8.38. The molecule has 3 aromatic rings. The number of benzene rings is 3. The largest absolute Gasteiger partial charge is 0.354 e. The molecule has 0 spiro atoms. The van der Waals surface area contributed by atoms with Crippen LogP contribution in [0.15, 0.2) is 71.6 Å². The van der Waals surface area contributed by atoms with Gasteiger partial charge in [-0.3, -0.25) is 13.9 Å². The van der Waals surface area contributed by atoms with Crippen molar-refractivity contribution in [3.8, 4) is 0 Å². The topological polar surface area (TPSA) is 86.8 Å². The van der Waals surface area contributed by atoms with Crippen LogP contribution in [0.4, 0.5) is 5.69 Å². The summed E-state index contributed by atoms with van der Waals surface area (Å²) in [6.07, 6.45) is 2.01. The van der Waals surface area contributed by atoms with Crippen LogP contribution >= 0.6 is 34.8 Å². The zero-order valence-electron chi connectivity index (χ0n) is 23.2. The predicted molar refractivity (Wildman–Crippen MR) is 166 cm³/mol. The lowest BCUT2D eigenvalue weighted by atomic mass is 10.1. The number of hydrogen-bond donors (Lipinski definition) is 1. The van der Waals surface area contributed by atoms with Crippen molar-refractivity contribution in [2.45, 2.75) is 57.5 Å². The molecule has 1 atom stereocenters. The molecule has 7 nitrogen and oxygen atoms in total.